The summed E-state index contributed by atoms with van der Waals surface area (Å²) in [6.45, 7) is -0.114. The maximum absolute atomic E-state index is 14.0. The van der Waals surface area contributed by atoms with Crippen LogP contribution in [0.3, 0.4) is 0 Å². The number of ether oxygens (including phenoxy) is 2. The van der Waals surface area contributed by atoms with Crippen LogP contribution < -0.4 is 19.7 Å². The number of amides is 2. The van der Waals surface area contributed by atoms with Gasteiger partial charge in [-0.1, -0.05) is 35.3 Å². The van der Waals surface area contributed by atoms with Crippen LogP contribution in [-0.4, -0.2) is 24.0 Å². The van der Waals surface area contributed by atoms with Crippen molar-refractivity contribution in [2.45, 2.75) is 6.61 Å². The molecule has 0 atom stereocenters. The molecule has 0 bridgehead atoms. The molecule has 2 amide bonds. The average molecular weight is 531 g/mol. The number of hydrogen-bond donors (Lipinski definition) is 1. The molecule has 4 rings (SSSR count). The van der Waals surface area contributed by atoms with E-state index < -0.39 is 17.6 Å². The summed E-state index contributed by atoms with van der Waals surface area (Å²) < 4.78 is 25.1. The standard InChI is InChI=1S/C25H17Cl2FN2O4S/c1-33-22-12-14(5-10-21(22)34-13-18-19(27)3-2-4-20(18)28)11-17-23(31)29-25(35)30(24(17)32)16-8-6-15(26)7-9-16/h2-12H,13H2,1H3,(H,29,31,35)/b17-11+. The molecule has 3 aromatic rings. The Morgan fingerprint density at radius 1 is 1.06 bits per heavy atom. The van der Waals surface area contributed by atoms with Crippen LogP contribution in [-0.2, 0) is 16.2 Å². The smallest absolute Gasteiger partial charge is 0.270 e. The molecule has 1 aliphatic heterocycles. The molecule has 1 heterocycles. The molecule has 35 heavy (non-hydrogen) atoms. The third-order valence-corrected chi connectivity index (χ3v) is 6.01. The number of carbonyl (C=O) groups is 2. The van der Waals surface area contributed by atoms with E-state index in [-0.39, 0.29) is 27.9 Å². The third kappa shape index (κ3) is 5.30. The lowest BCUT2D eigenvalue weighted by Gasteiger charge is -2.29. The summed E-state index contributed by atoms with van der Waals surface area (Å²) in [6.07, 6.45) is 1.42. The largest absolute Gasteiger partial charge is 0.493 e. The van der Waals surface area contributed by atoms with Gasteiger partial charge in [0.2, 0.25) is 0 Å². The Morgan fingerprint density at radius 3 is 2.49 bits per heavy atom. The lowest BCUT2D eigenvalue weighted by molar-refractivity contribution is -0.122. The van der Waals surface area contributed by atoms with E-state index in [0.29, 0.717) is 27.8 Å². The van der Waals surface area contributed by atoms with Crippen molar-refractivity contribution in [3.8, 4) is 11.5 Å². The number of rotatable bonds is 6. The zero-order valence-electron chi connectivity index (χ0n) is 18.2. The van der Waals surface area contributed by atoms with Crippen LogP contribution in [0, 0.1) is 5.82 Å². The molecule has 0 radical (unpaired) electrons. The number of methoxy groups -OCH3 is 1. The second-order valence-electron chi connectivity index (χ2n) is 7.33. The molecule has 0 aliphatic carbocycles. The van der Waals surface area contributed by atoms with Gasteiger partial charge in [-0.25, -0.2) is 4.39 Å². The molecule has 0 unspecified atom stereocenters. The molecule has 178 valence electrons. The summed E-state index contributed by atoms with van der Waals surface area (Å²) in [7, 11) is 1.44. The Morgan fingerprint density at radius 2 is 1.80 bits per heavy atom. The van der Waals surface area contributed by atoms with Gasteiger partial charge in [0.15, 0.2) is 16.6 Å². The number of hydrogen-bond acceptors (Lipinski definition) is 5. The van der Waals surface area contributed by atoms with Gasteiger partial charge >= 0.3 is 0 Å². The number of thiocarbonyl (C=S) groups is 1. The van der Waals surface area contributed by atoms with Crippen molar-refractivity contribution in [3.05, 3.63) is 93.2 Å². The van der Waals surface area contributed by atoms with E-state index in [1.807, 2.05) is 0 Å². The fourth-order valence-corrected chi connectivity index (χ4v) is 3.99. The van der Waals surface area contributed by atoms with E-state index in [9.17, 15) is 14.0 Å². The summed E-state index contributed by atoms with van der Waals surface area (Å²) in [5.41, 5.74) is 1.05. The normalized spacial score (nSPS) is 14.8. The Hall–Kier alpha value is -3.46. The predicted octanol–water partition coefficient (Wildman–Crippen LogP) is 5.55. The first-order valence-corrected chi connectivity index (χ1v) is 11.4. The van der Waals surface area contributed by atoms with Gasteiger partial charge in [-0.2, -0.15) is 0 Å². The van der Waals surface area contributed by atoms with Crippen LogP contribution in [0.5, 0.6) is 11.5 Å². The van der Waals surface area contributed by atoms with Crippen molar-refractivity contribution in [1.29, 1.82) is 0 Å². The molecular formula is C25H17Cl2FN2O4S. The van der Waals surface area contributed by atoms with Crippen LogP contribution in [0.2, 0.25) is 10.0 Å². The monoisotopic (exact) mass is 530 g/mol. The van der Waals surface area contributed by atoms with Crippen molar-refractivity contribution < 1.29 is 23.5 Å². The molecule has 1 aliphatic rings. The van der Waals surface area contributed by atoms with Gasteiger partial charge in [0.05, 0.1) is 17.8 Å². The molecule has 0 aromatic heterocycles. The highest BCUT2D eigenvalue weighted by molar-refractivity contribution is 7.80. The Labute approximate surface area is 215 Å². The van der Waals surface area contributed by atoms with Crippen molar-refractivity contribution in [2.24, 2.45) is 0 Å². The number of halogens is 3. The molecule has 6 nitrogen and oxygen atoms in total. The quantitative estimate of drug-likeness (QED) is 0.257. The van der Waals surface area contributed by atoms with Crippen LogP contribution in [0.25, 0.3) is 6.08 Å². The highest BCUT2D eigenvalue weighted by Crippen LogP contribution is 2.31. The lowest BCUT2D eigenvalue weighted by atomic mass is 10.1. The summed E-state index contributed by atoms with van der Waals surface area (Å²) in [6, 6.07) is 15.7. The number of anilines is 1. The minimum Gasteiger partial charge on any atom is -0.493 e. The second-order valence-corrected chi connectivity index (χ2v) is 8.56. The Balaban J connectivity index is 1.60. The van der Waals surface area contributed by atoms with Gasteiger partial charge in [-0.15, -0.1) is 0 Å². The van der Waals surface area contributed by atoms with Gasteiger partial charge < -0.3 is 9.47 Å². The zero-order chi connectivity index (χ0) is 25.1. The molecule has 1 fully saturated rings. The van der Waals surface area contributed by atoms with E-state index >= 15 is 0 Å². The Bertz CT molecular complexity index is 1340. The van der Waals surface area contributed by atoms with Gasteiger partial charge in [-0.05, 0) is 72.4 Å². The van der Waals surface area contributed by atoms with Crippen LogP contribution in [0.1, 0.15) is 11.1 Å². The second kappa shape index (κ2) is 10.4. The van der Waals surface area contributed by atoms with E-state index in [1.54, 1.807) is 48.5 Å². The summed E-state index contributed by atoms with van der Waals surface area (Å²) in [5, 5.41) is 3.23. The van der Waals surface area contributed by atoms with E-state index in [0.717, 1.165) is 0 Å². The van der Waals surface area contributed by atoms with Crippen molar-refractivity contribution in [1.82, 2.24) is 5.32 Å². The first kappa shape index (κ1) is 24.7. The van der Waals surface area contributed by atoms with Gasteiger partial charge in [0, 0.05) is 10.6 Å². The maximum Gasteiger partial charge on any atom is 0.270 e. The number of nitrogens with zero attached hydrogens (tertiary/aromatic N) is 1. The van der Waals surface area contributed by atoms with E-state index in [4.69, 9.17) is 44.9 Å². The topological polar surface area (TPSA) is 67.9 Å². The van der Waals surface area contributed by atoms with Gasteiger partial charge in [-0.3, -0.25) is 19.8 Å². The molecule has 3 aromatic carbocycles. The third-order valence-electron chi connectivity index (χ3n) is 5.12. The average Bonchev–Trinajstić information content (AvgIpc) is 2.83. The van der Waals surface area contributed by atoms with E-state index in [1.165, 1.54) is 30.2 Å². The summed E-state index contributed by atoms with van der Waals surface area (Å²) in [5.74, 6) is -1.05. The fourth-order valence-electron chi connectivity index (χ4n) is 3.36. The highest BCUT2D eigenvalue weighted by Gasteiger charge is 2.34. The predicted molar refractivity (Wildman–Crippen MR) is 136 cm³/mol. The van der Waals surface area contributed by atoms with Crippen molar-refractivity contribution >= 4 is 64.1 Å². The first-order chi connectivity index (χ1) is 16.8. The molecule has 10 heteroatoms. The molecular weight excluding hydrogens is 514 g/mol. The number of carbonyl (C=O) groups excluding carboxylic acids is 2. The minimum atomic E-state index is -0.626. The van der Waals surface area contributed by atoms with Gasteiger partial charge in [0.25, 0.3) is 11.8 Å². The van der Waals surface area contributed by atoms with Crippen LogP contribution >= 0.6 is 35.4 Å². The lowest BCUT2D eigenvalue weighted by Crippen LogP contribution is -2.54. The maximum atomic E-state index is 14.0. The number of benzene rings is 3. The van der Waals surface area contributed by atoms with Gasteiger partial charge in [0.1, 0.15) is 18.0 Å². The molecule has 0 spiro atoms. The molecule has 1 N–H and O–H groups in total. The SMILES string of the molecule is COc1cc(/C=C2\C(=O)NC(=S)N(c3ccc(Cl)cc3)C2=O)ccc1OCc1c(F)cccc1Cl. The highest BCUT2D eigenvalue weighted by atomic mass is 35.5. The Kier molecular flexibility index (Phi) is 7.35. The summed E-state index contributed by atoms with van der Waals surface area (Å²) in [4.78, 5) is 26.9. The van der Waals surface area contributed by atoms with Crippen LogP contribution in [0.4, 0.5) is 10.1 Å². The summed E-state index contributed by atoms with van der Waals surface area (Å²) >= 11 is 17.2. The minimum absolute atomic E-state index is 0.0346. The van der Waals surface area contributed by atoms with Crippen molar-refractivity contribution in [3.63, 3.8) is 0 Å². The fraction of sp³-hybridized carbons (Fsp3) is 0.0800. The zero-order valence-corrected chi connectivity index (χ0v) is 20.5. The van der Waals surface area contributed by atoms with Crippen molar-refractivity contribution in [2.75, 3.05) is 12.0 Å². The number of nitrogens with one attached hydrogen (secondary N) is 1. The molecule has 1 saturated heterocycles. The van der Waals surface area contributed by atoms with E-state index in [2.05, 4.69) is 5.32 Å². The van der Waals surface area contributed by atoms with Crippen LogP contribution in [0.15, 0.2) is 66.2 Å². The first-order valence-electron chi connectivity index (χ1n) is 10.2. The molecule has 0 saturated carbocycles.